The van der Waals surface area contributed by atoms with Crippen LogP contribution in [-0.2, 0) is 12.6 Å². The van der Waals surface area contributed by atoms with E-state index in [0.717, 1.165) is 37.0 Å². The van der Waals surface area contributed by atoms with Crippen molar-refractivity contribution in [3.63, 3.8) is 0 Å². The number of nitrogen functional groups attached to an aromatic ring is 1. The summed E-state index contributed by atoms with van der Waals surface area (Å²) in [6, 6.07) is 1.40. The second kappa shape index (κ2) is 3.77. The molecule has 2 N–H and O–H groups in total. The Bertz CT molecular complexity index is 650. The Balaban J connectivity index is 1.92. The van der Waals surface area contributed by atoms with Crippen molar-refractivity contribution in [2.75, 3.05) is 5.73 Å². The third-order valence-electron chi connectivity index (χ3n) is 5.82. The zero-order chi connectivity index (χ0) is 14.1. The van der Waals surface area contributed by atoms with Crippen LogP contribution < -0.4 is 17.0 Å². The molecule has 0 aromatic carbocycles. The molecule has 4 aliphatic rings. The molecular weight excluding hydrogens is 254 g/mol. The first-order valence-corrected chi connectivity index (χ1v) is 7.57. The maximum Gasteiger partial charge on any atom is 0.332 e. The summed E-state index contributed by atoms with van der Waals surface area (Å²) in [6.07, 6.45) is 7.13. The van der Waals surface area contributed by atoms with E-state index in [4.69, 9.17) is 5.73 Å². The number of anilines is 1. The average molecular weight is 275 g/mol. The van der Waals surface area contributed by atoms with E-state index in [2.05, 4.69) is 0 Å². The van der Waals surface area contributed by atoms with E-state index in [1.807, 2.05) is 0 Å². The van der Waals surface area contributed by atoms with Gasteiger partial charge in [-0.3, -0.25) is 13.9 Å². The molecule has 4 bridgehead atoms. The Morgan fingerprint density at radius 3 is 2.10 bits per heavy atom. The van der Waals surface area contributed by atoms with Crippen molar-refractivity contribution < 1.29 is 0 Å². The molecule has 5 nitrogen and oxygen atoms in total. The van der Waals surface area contributed by atoms with Crippen molar-refractivity contribution in [3.05, 3.63) is 26.9 Å². The van der Waals surface area contributed by atoms with Gasteiger partial charge in [-0.05, 0) is 56.3 Å². The Morgan fingerprint density at radius 1 is 1.10 bits per heavy atom. The van der Waals surface area contributed by atoms with Crippen LogP contribution in [0.4, 0.5) is 5.82 Å². The van der Waals surface area contributed by atoms with Crippen LogP contribution in [0.3, 0.4) is 0 Å². The Hall–Kier alpha value is -1.52. The fourth-order valence-corrected chi connectivity index (χ4v) is 5.46. The summed E-state index contributed by atoms with van der Waals surface area (Å²) in [5.41, 5.74) is 5.39. The molecule has 5 rings (SSSR count). The molecular formula is C15H21N3O2. The van der Waals surface area contributed by atoms with Crippen LogP contribution in [0.2, 0.25) is 0 Å². The number of aromatic nitrogens is 2. The van der Waals surface area contributed by atoms with Gasteiger partial charge in [-0.15, -0.1) is 0 Å². The lowest BCUT2D eigenvalue weighted by Crippen LogP contribution is -2.57. The Labute approximate surface area is 117 Å². The lowest BCUT2D eigenvalue weighted by molar-refractivity contribution is -0.0448. The standard InChI is InChI=1S/C15H21N3O2/c1-17-13(19)5-12(16)18(14(17)20)15-6-9-2-10(7-15)4-11(3-9)8-15/h5,9-11H,2-4,6-8,16H2,1H3. The quantitative estimate of drug-likeness (QED) is 0.833. The van der Waals surface area contributed by atoms with Gasteiger partial charge in [0.05, 0.1) is 5.54 Å². The van der Waals surface area contributed by atoms with Crippen LogP contribution >= 0.6 is 0 Å². The summed E-state index contributed by atoms with van der Waals surface area (Å²) in [7, 11) is 1.54. The molecule has 0 unspecified atom stereocenters. The van der Waals surface area contributed by atoms with Crippen LogP contribution in [0.5, 0.6) is 0 Å². The SMILES string of the molecule is Cn1c(=O)cc(N)n(C23CC4CC(CC(C4)C2)C3)c1=O. The maximum atomic E-state index is 12.6. The molecule has 5 heteroatoms. The monoisotopic (exact) mass is 275 g/mol. The van der Waals surface area contributed by atoms with E-state index in [-0.39, 0.29) is 16.8 Å². The first-order valence-electron chi connectivity index (χ1n) is 7.57. The number of rotatable bonds is 1. The van der Waals surface area contributed by atoms with Crippen LogP contribution in [-0.4, -0.2) is 9.13 Å². The van der Waals surface area contributed by atoms with Crippen molar-refractivity contribution in [1.29, 1.82) is 0 Å². The number of nitrogens with two attached hydrogens (primary N) is 1. The summed E-state index contributed by atoms with van der Waals surface area (Å²) >= 11 is 0. The third-order valence-corrected chi connectivity index (χ3v) is 5.82. The van der Waals surface area contributed by atoms with Crippen LogP contribution in [0, 0.1) is 17.8 Å². The number of hydrogen-bond acceptors (Lipinski definition) is 3. The lowest BCUT2D eigenvalue weighted by Gasteiger charge is -2.57. The van der Waals surface area contributed by atoms with Crippen molar-refractivity contribution >= 4 is 5.82 Å². The Morgan fingerprint density at radius 2 is 1.60 bits per heavy atom. The van der Waals surface area contributed by atoms with Gasteiger partial charge in [-0.1, -0.05) is 0 Å². The van der Waals surface area contributed by atoms with E-state index < -0.39 is 0 Å². The third kappa shape index (κ3) is 1.49. The second-order valence-corrected chi connectivity index (χ2v) is 7.23. The van der Waals surface area contributed by atoms with Crippen molar-refractivity contribution in [2.45, 2.75) is 44.1 Å². The van der Waals surface area contributed by atoms with Crippen LogP contribution in [0.25, 0.3) is 0 Å². The molecule has 0 amide bonds. The summed E-state index contributed by atoms with van der Waals surface area (Å²) in [5.74, 6) is 2.57. The van der Waals surface area contributed by atoms with Gasteiger partial charge in [0.25, 0.3) is 5.56 Å². The minimum atomic E-state index is -0.312. The molecule has 20 heavy (non-hydrogen) atoms. The van der Waals surface area contributed by atoms with Gasteiger partial charge in [0.15, 0.2) is 0 Å². The highest BCUT2D eigenvalue weighted by molar-refractivity contribution is 5.30. The zero-order valence-electron chi connectivity index (χ0n) is 11.8. The lowest BCUT2D eigenvalue weighted by atomic mass is 9.53. The average Bonchev–Trinajstić information content (AvgIpc) is 2.34. The van der Waals surface area contributed by atoms with E-state index in [1.54, 1.807) is 11.6 Å². The molecule has 1 aromatic heterocycles. The number of hydrogen-bond donors (Lipinski definition) is 1. The van der Waals surface area contributed by atoms with Gasteiger partial charge in [0.1, 0.15) is 5.82 Å². The highest BCUT2D eigenvalue weighted by Crippen LogP contribution is 2.58. The molecule has 108 valence electrons. The summed E-state index contributed by atoms with van der Waals surface area (Å²) in [6.45, 7) is 0. The van der Waals surface area contributed by atoms with E-state index in [1.165, 1.54) is 29.9 Å². The van der Waals surface area contributed by atoms with Gasteiger partial charge >= 0.3 is 5.69 Å². The molecule has 1 heterocycles. The van der Waals surface area contributed by atoms with E-state index >= 15 is 0 Å². The number of nitrogens with zero attached hydrogens (tertiary/aromatic N) is 2. The highest BCUT2D eigenvalue weighted by Gasteiger charge is 2.52. The largest absolute Gasteiger partial charge is 0.385 e. The molecule has 4 saturated carbocycles. The zero-order valence-corrected chi connectivity index (χ0v) is 11.8. The molecule has 4 aliphatic carbocycles. The molecule has 1 aromatic rings. The summed E-state index contributed by atoms with van der Waals surface area (Å²) < 4.78 is 2.94. The van der Waals surface area contributed by atoms with Crippen molar-refractivity contribution in [3.8, 4) is 0 Å². The van der Waals surface area contributed by atoms with Gasteiger partial charge in [-0.2, -0.15) is 0 Å². The normalized spacial score (nSPS) is 38.4. The minimum Gasteiger partial charge on any atom is -0.385 e. The molecule has 0 saturated heterocycles. The van der Waals surface area contributed by atoms with Gasteiger partial charge in [0, 0.05) is 13.1 Å². The fraction of sp³-hybridized carbons (Fsp3) is 0.733. The minimum absolute atomic E-state index is 0.124. The molecule has 4 fully saturated rings. The van der Waals surface area contributed by atoms with Crippen LogP contribution in [0.1, 0.15) is 38.5 Å². The smallest absolute Gasteiger partial charge is 0.332 e. The molecule has 0 aliphatic heterocycles. The first-order chi connectivity index (χ1) is 9.48. The maximum absolute atomic E-state index is 12.6. The summed E-state index contributed by atoms with van der Waals surface area (Å²) in [4.78, 5) is 24.3. The summed E-state index contributed by atoms with van der Waals surface area (Å²) in [5, 5.41) is 0. The molecule has 0 atom stereocenters. The molecule has 0 spiro atoms. The van der Waals surface area contributed by atoms with Crippen molar-refractivity contribution in [2.24, 2.45) is 24.8 Å². The topological polar surface area (TPSA) is 70.0 Å². The fourth-order valence-electron chi connectivity index (χ4n) is 5.46. The predicted molar refractivity (Wildman–Crippen MR) is 76.5 cm³/mol. The van der Waals surface area contributed by atoms with Crippen molar-refractivity contribution in [1.82, 2.24) is 9.13 Å². The second-order valence-electron chi connectivity index (χ2n) is 7.23. The first kappa shape index (κ1) is 12.2. The Kier molecular flexibility index (Phi) is 2.31. The van der Waals surface area contributed by atoms with Gasteiger partial charge in [0.2, 0.25) is 0 Å². The van der Waals surface area contributed by atoms with Gasteiger partial charge < -0.3 is 5.73 Å². The highest BCUT2D eigenvalue weighted by atomic mass is 16.2. The van der Waals surface area contributed by atoms with E-state index in [0.29, 0.717) is 5.82 Å². The van der Waals surface area contributed by atoms with Gasteiger partial charge in [-0.25, -0.2) is 4.79 Å². The van der Waals surface area contributed by atoms with Crippen LogP contribution in [0.15, 0.2) is 15.7 Å². The molecule has 0 radical (unpaired) electrons. The van der Waals surface area contributed by atoms with E-state index in [9.17, 15) is 9.59 Å². The predicted octanol–water partition coefficient (Wildman–Crippen LogP) is 1.05.